The third-order valence-electron chi connectivity index (χ3n) is 2.56. The minimum atomic E-state index is -2.08. The molecule has 0 amide bonds. The van der Waals surface area contributed by atoms with E-state index >= 15 is 0 Å². The Morgan fingerprint density at radius 2 is 2.06 bits per heavy atom. The number of aliphatic hydroxyl groups is 1. The summed E-state index contributed by atoms with van der Waals surface area (Å²) in [5, 5.41) is 9.30. The first-order chi connectivity index (χ1) is 8.59. The number of benzene rings is 1. The lowest BCUT2D eigenvalue weighted by Crippen LogP contribution is -2.32. The Kier molecular flexibility index (Phi) is 3.57. The molecule has 0 aliphatic carbocycles. The van der Waals surface area contributed by atoms with E-state index in [1.165, 1.54) is 0 Å². The fourth-order valence-corrected chi connectivity index (χ4v) is 1.56. The normalized spacial score (nSPS) is 26.8. The number of hydrogen-bond acceptors (Lipinski definition) is 5. The number of ether oxygens (including phenoxy) is 2. The van der Waals surface area contributed by atoms with Crippen LogP contribution in [0.1, 0.15) is 10.4 Å². The second-order valence-corrected chi connectivity index (χ2v) is 3.83. The van der Waals surface area contributed by atoms with Crippen LogP contribution in [0.25, 0.3) is 0 Å². The smallest absolute Gasteiger partial charge is 0.344 e. The van der Waals surface area contributed by atoms with E-state index < -0.39 is 30.3 Å². The number of carbonyl (C=O) groups is 2. The van der Waals surface area contributed by atoms with E-state index in [4.69, 9.17) is 4.74 Å². The van der Waals surface area contributed by atoms with E-state index in [1.807, 2.05) is 0 Å². The first-order valence-corrected chi connectivity index (χ1v) is 5.34. The number of esters is 2. The minimum Gasteiger partial charge on any atom is -0.458 e. The molecule has 1 fully saturated rings. The van der Waals surface area contributed by atoms with Gasteiger partial charge in [-0.05, 0) is 12.1 Å². The average Bonchev–Trinajstić information content (AvgIpc) is 2.64. The molecule has 1 saturated heterocycles. The van der Waals surface area contributed by atoms with Crippen LogP contribution in [0.15, 0.2) is 30.3 Å². The third-order valence-corrected chi connectivity index (χ3v) is 2.56. The van der Waals surface area contributed by atoms with E-state index in [1.54, 1.807) is 30.3 Å². The van der Waals surface area contributed by atoms with Gasteiger partial charge in [0.15, 0.2) is 6.10 Å². The summed E-state index contributed by atoms with van der Waals surface area (Å²) < 4.78 is 22.3. The maximum Gasteiger partial charge on any atom is 0.344 e. The highest BCUT2D eigenvalue weighted by atomic mass is 19.1. The molecule has 0 spiro atoms. The summed E-state index contributed by atoms with van der Waals surface area (Å²) in [7, 11) is 0. The van der Waals surface area contributed by atoms with Crippen LogP contribution < -0.4 is 0 Å². The van der Waals surface area contributed by atoms with Crippen molar-refractivity contribution in [2.75, 3.05) is 6.61 Å². The largest absolute Gasteiger partial charge is 0.458 e. The topological polar surface area (TPSA) is 72.8 Å². The summed E-state index contributed by atoms with van der Waals surface area (Å²) in [5.41, 5.74) is 0.327. The maximum absolute atomic E-state index is 12.9. The molecule has 5 nitrogen and oxygen atoms in total. The molecule has 0 radical (unpaired) electrons. The Bertz CT molecular complexity index is 447. The van der Waals surface area contributed by atoms with Gasteiger partial charge in [-0.2, -0.15) is 0 Å². The van der Waals surface area contributed by atoms with E-state index in [9.17, 15) is 19.1 Å². The monoisotopic (exact) mass is 254 g/mol. The predicted octanol–water partition coefficient (Wildman–Crippen LogP) is 0.468. The number of hydrogen-bond donors (Lipinski definition) is 1. The molecule has 96 valence electrons. The van der Waals surface area contributed by atoms with Crippen molar-refractivity contribution in [2.24, 2.45) is 0 Å². The highest BCUT2D eigenvalue weighted by molar-refractivity contribution is 5.89. The van der Waals surface area contributed by atoms with Crippen molar-refractivity contribution in [3.8, 4) is 0 Å². The van der Waals surface area contributed by atoms with E-state index in [2.05, 4.69) is 4.74 Å². The van der Waals surface area contributed by atoms with Gasteiger partial charge in [-0.25, -0.2) is 14.0 Å². The zero-order chi connectivity index (χ0) is 13.1. The second kappa shape index (κ2) is 5.14. The van der Waals surface area contributed by atoms with Crippen LogP contribution in [0.2, 0.25) is 0 Å². The standard InChI is InChI=1S/C12H11FO5/c13-9-10(14)8(18-12(9)16)6-17-11(15)7-4-2-1-3-5-7/h1-5,8-10,14H,6H2/t8-,9?,10?/m1/s1. The molecule has 2 unspecified atom stereocenters. The van der Waals surface area contributed by atoms with Crippen LogP contribution in [0, 0.1) is 0 Å². The Balaban J connectivity index is 1.89. The van der Waals surface area contributed by atoms with Crippen molar-refractivity contribution < 1.29 is 28.6 Å². The summed E-state index contributed by atoms with van der Waals surface area (Å²) in [5.74, 6) is -1.76. The van der Waals surface area contributed by atoms with Crippen LogP contribution >= 0.6 is 0 Å². The molecule has 18 heavy (non-hydrogen) atoms. The van der Waals surface area contributed by atoms with Crippen molar-refractivity contribution in [1.82, 2.24) is 0 Å². The summed E-state index contributed by atoms with van der Waals surface area (Å²) in [6.45, 7) is -0.374. The molecule has 1 heterocycles. The lowest BCUT2D eigenvalue weighted by Gasteiger charge is -2.13. The van der Waals surface area contributed by atoms with Crippen molar-refractivity contribution >= 4 is 11.9 Å². The number of rotatable bonds is 3. The van der Waals surface area contributed by atoms with Gasteiger partial charge in [-0.3, -0.25) is 0 Å². The minimum absolute atomic E-state index is 0.327. The van der Waals surface area contributed by atoms with Crippen LogP contribution in [-0.2, 0) is 14.3 Å². The molecule has 0 bridgehead atoms. The van der Waals surface area contributed by atoms with Gasteiger partial charge in [-0.1, -0.05) is 18.2 Å². The van der Waals surface area contributed by atoms with Crippen LogP contribution in [0.4, 0.5) is 4.39 Å². The first kappa shape index (κ1) is 12.5. The van der Waals surface area contributed by atoms with Gasteiger partial charge >= 0.3 is 11.9 Å². The highest BCUT2D eigenvalue weighted by Gasteiger charge is 2.44. The van der Waals surface area contributed by atoms with Crippen molar-refractivity contribution in [3.63, 3.8) is 0 Å². The van der Waals surface area contributed by atoms with E-state index in [0.717, 1.165) is 0 Å². The number of halogens is 1. The van der Waals surface area contributed by atoms with Gasteiger partial charge in [0, 0.05) is 0 Å². The highest BCUT2D eigenvalue weighted by Crippen LogP contribution is 2.19. The SMILES string of the molecule is O=C(OC[C@H]1OC(=O)C(F)C1O)c1ccccc1. The van der Waals surface area contributed by atoms with E-state index in [0.29, 0.717) is 5.56 Å². The fraction of sp³-hybridized carbons (Fsp3) is 0.333. The van der Waals surface area contributed by atoms with Crippen LogP contribution in [-0.4, -0.2) is 42.0 Å². The van der Waals surface area contributed by atoms with Gasteiger partial charge in [0.25, 0.3) is 0 Å². The molecule has 1 N–H and O–H groups in total. The molecule has 1 aliphatic rings. The van der Waals surface area contributed by atoms with Crippen LogP contribution in [0.3, 0.4) is 0 Å². The summed E-state index contributed by atoms with van der Waals surface area (Å²) in [6, 6.07) is 8.18. The zero-order valence-electron chi connectivity index (χ0n) is 9.28. The van der Waals surface area contributed by atoms with Crippen molar-refractivity contribution in [1.29, 1.82) is 0 Å². The Morgan fingerprint density at radius 3 is 2.61 bits per heavy atom. The van der Waals surface area contributed by atoms with E-state index in [-0.39, 0.29) is 6.61 Å². The Hall–Kier alpha value is -1.95. The predicted molar refractivity (Wildman–Crippen MR) is 57.5 cm³/mol. The van der Waals surface area contributed by atoms with Gasteiger partial charge in [0.05, 0.1) is 5.56 Å². The molecule has 1 aromatic carbocycles. The van der Waals surface area contributed by atoms with Gasteiger partial charge in [0.1, 0.15) is 12.7 Å². The van der Waals surface area contributed by atoms with Crippen molar-refractivity contribution in [3.05, 3.63) is 35.9 Å². The molecule has 1 aromatic rings. The zero-order valence-corrected chi connectivity index (χ0v) is 9.28. The summed E-state index contributed by atoms with van der Waals surface area (Å²) >= 11 is 0. The number of aliphatic hydroxyl groups excluding tert-OH is 1. The van der Waals surface area contributed by atoms with Gasteiger partial charge in [0.2, 0.25) is 6.17 Å². The molecule has 3 atom stereocenters. The molecule has 1 aliphatic heterocycles. The third kappa shape index (κ3) is 2.48. The molecular formula is C12H11FO5. The quantitative estimate of drug-likeness (QED) is 0.794. The van der Waals surface area contributed by atoms with Gasteiger partial charge in [-0.15, -0.1) is 0 Å². The Labute approximate surface area is 102 Å². The molecule has 2 rings (SSSR count). The van der Waals surface area contributed by atoms with Crippen LogP contribution in [0.5, 0.6) is 0 Å². The van der Waals surface area contributed by atoms with Crippen molar-refractivity contribution in [2.45, 2.75) is 18.4 Å². The summed E-state index contributed by atoms with van der Waals surface area (Å²) in [4.78, 5) is 22.3. The summed E-state index contributed by atoms with van der Waals surface area (Å²) in [6.07, 6.45) is -4.83. The van der Waals surface area contributed by atoms with Gasteiger partial charge < -0.3 is 14.6 Å². The molecular weight excluding hydrogens is 243 g/mol. The first-order valence-electron chi connectivity index (χ1n) is 5.34. The maximum atomic E-state index is 12.9. The molecule has 6 heteroatoms. The Morgan fingerprint density at radius 1 is 1.39 bits per heavy atom. The number of carbonyl (C=O) groups excluding carboxylic acids is 2. The molecule has 0 saturated carbocycles. The lowest BCUT2D eigenvalue weighted by molar-refractivity contribution is -0.146. The second-order valence-electron chi connectivity index (χ2n) is 3.83. The average molecular weight is 254 g/mol. The number of alkyl halides is 1. The fourth-order valence-electron chi connectivity index (χ4n) is 1.56. The lowest BCUT2D eigenvalue weighted by atomic mass is 10.2. The number of cyclic esters (lactones) is 1. The molecule has 0 aromatic heterocycles.